The molecule has 1 N–H and O–H groups in total. The van der Waals surface area contributed by atoms with Crippen molar-refractivity contribution in [3.8, 4) is 0 Å². The van der Waals surface area contributed by atoms with Crippen LogP contribution < -0.4 is 5.32 Å². The summed E-state index contributed by atoms with van der Waals surface area (Å²) < 4.78 is 0. The first-order valence-electron chi connectivity index (χ1n) is 8.22. The third kappa shape index (κ3) is 4.37. The summed E-state index contributed by atoms with van der Waals surface area (Å²) in [5, 5.41) is 3.77. The van der Waals surface area contributed by atoms with Crippen molar-refractivity contribution in [3.05, 3.63) is 0 Å². The van der Waals surface area contributed by atoms with Crippen molar-refractivity contribution in [1.29, 1.82) is 0 Å². The molecule has 3 unspecified atom stereocenters. The lowest BCUT2D eigenvalue weighted by Crippen LogP contribution is -2.57. The van der Waals surface area contributed by atoms with Gasteiger partial charge in [-0.3, -0.25) is 4.90 Å². The van der Waals surface area contributed by atoms with Crippen molar-refractivity contribution in [2.24, 2.45) is 5.92 Å². The Labute approximate surface area is 124 Å². The van der Waals surface area contributed by atoms with Crippen LogP contribution in [0.4, 0.5) is 0 Å². The van der Waals surface area contributed by atoms with Gasteiger partial charge in [-0.1, -0.05) is 20.3 Å². The molecular weight excluding hydrogens is 252 g/mol. The molecule has 2 nitrogen and oxygen atoms in total. The number of piperidine rings is 2. The lowest BCUT2D eigenvalue weighted by molar-refractivity contribution is 0.0163. The molecular formula is C16H32N2S. The summed E-state index contributed by atoms with van der Waals surface area (Å²) in [6, 6.07) is 2.53. The standard InChI is InChI=1S/C16H32N2S/c1-4-8-17-14-9-15-6-5-7-16(10-14)18(15)11-13(2)12-19-3/h13-17H,4-12H2,1-3H3. The second-order valence-electron chi connectivity index (χ2n) is 6.62. The van der Waals surface area contributed by atoms with Gasteiger partial charge in [-0.2, -0.15) is 11.8 Å². The van der Waals surface area contributed by atoms with Gasteiger partial charge in [0.2, 0.25) is 0 Å². The second-order valence-corrected chi connectivity index (χ2v) is 7.53. The van der Waals surface area contributed by atoms with E-state index in [9.17, 15) is 0 Å². The molecule has 0 aliphatic carbocycles. The monoisotopic (exact) mass is 284 g/mol. The lowest BCUT2D eigenvalue weighted by atomic mass is 9.81. The molecule has 2 fully saturated rings. The Morgan fingerprint density at radius 2 is 1.95 bits per heavy atom. The Kier molecular flexibility index (Phi) is 6.51. The number of thioether (sulfide) groups is 1. The summed E-state index contributed by atoms with van der Waals surface area (Å²) in [7, 11) is 0. The third-order valence-electron chi connectivity index (χ3n) is 4.78. The average molecular weight is 285 g/mol. The Bertz CT molecular complexity index is 245. The topological polar surface area (TPSA) is 15.3 Å². The molecule has 0 aromatic carbocycles. The van der Waals surface area contributed by atoms with E-state index < -0.39 is 0 Å². The molecule has 3 heteroatoms. The van der Waals surface area contributed by atoms with Gasteiger partial charge in [-0.25, -0.2) is 0 Å². The molecule has 2 bridgehead atoms. The van der Waals surface area contributed by atoms with E-state index in [0.717, 1.165) is 24.0 Å². The summed E-state index contributed by atoms with van der Waals surface area (Å²) in [4.78, 5) is 2.87. The van der Waals surface area contributed by atoms with Crippen LogP contribution in [0.25, 0.3) is 0 Å². The van der Waals surface area contributed by atoms with Crippen molar-refractivity contribution in [2.75, 3.05) is 25.1 Å². The molecule has 2 heterocycles. The normalized spacial score (nSPS) is 33.3. The van der Waals surface area contributed by atoms with Crippen molar-refractivity contribution in [2.45, 2.75) is 70.5 Å². The number of hydrogen-bond donors (Lipinski definition) is 1. The highest BCUT2D eigenvalue weighted by Gasteiger charge is 2.38. The van der Waals surface area contributed by atoms with Gasteiger partial charge in [-0.05, 0) is 56.6 Å². The zero-order chi connectivity index (χ0) is 13.7. The maximum atomic E-state index is 3.77. The summed E-state index contributed by atoms with van der Waals surface area (Å²) >= 11 is 2.00. The molecule has 0 aromatic heterocycles. The van der Waals surface area contributed by atoms with Crippen molar-refractivity contribution in [1.82, 2.24) is 10.2 Å². The van der Waals surface area contributed by atoms with E-state index in [1.54, 1.807) is 0 Å². The Morgan fingerprint density at radius 3 is 2.53 bits per heavy atom. The fourth-order valence-corrected chi connectivity index (χ4v) is 4.66. The first-order valence-corrected chi connectivity index (χ1v) is 9.62. The maximum absolute atomic E-state index is 3.77. The number of rotatable bonds is 7. The van der Waals surface area contributed by atoms with Crippen LogP contribution in [0.1, 0.15) is 52.4 Å². The van der Waals surface area contributed by atoms with E-state index in [0.29, 0.717) is 0 Å². The van der Waals surface area contributed by atoms with E-state index in [4.69, 9.17) is 0 Å². The van der Waals surface area contributed by atoms with E-state index in [1.165, 1.54) is 57.4 Å². The third-order valence-corrected chi connectivity index (χ3v) is 5.68. The van der Waals surface area contributed by atoms with Crippen LogP contribution in [0.3, 0.4) is 0 Å². The van der Waals surface area contributed by atoms with Crippen LogP contribution in [-0.4, -0.2) is 48.1 Å². The molecule has 2 rings (SSSR count). The molecule has 0 radical (unpaired) electrons. The van der Waals surface area contributed by atoms with Crippen molar-refractivity contribution < 1.29 is 0 Å². The predicted octanol–water partition coefficient (Wildman–Crippen LogP) is 3.37. The minimum absolute atomic E-state index is 0.794. The molecule has 2 aliphatic rings. The smallest absolute Gasteiger partial charge is 0.0113 e. The fourth-order valence-electron chi connectivity index (χ4n) is 3.99. The molecule has 3 atom stereocenters. The minimum Gasteiger partial charge on any atom is -0.314 e. The number of nitrogens with one attached hydrogen (secondary N) is 1. The first kappa shape index (κ1) is 15.7. The molecule has 0 aromatic rings. The second kappa shape index (κ2) is 7.90. The summed E-state index contributed by atoms with van der Waals surface area (Å²) in [6.45, 7) is 7.23. The van der Waals surface area contributed by atoms with Gasteiger partial charge in [0, 0.05) is 24.7 Å². The molecule has 0 saturated carbocycles. The Balaban J connectivity index is 1.88. The van der Waals surface area contributed by atoms with Gasteiger partial charge in [-0.15, -0.1) is 0 Å². The van der Waals surface area contributed by atoms with Gasteiger partial charge >= 0.3 is 0 Å². The van der Waals surface area contributed by atoms with Gasteiger partial charge in [0.1, 0.15) is 0 Å². The minimum atomic E-state index is 0.794. The number of nitrogens with zero attached hydrogens (tertiary/aromatic N) is 1. The summed E-state index contributed by atoms with van der Waals surface area (Å²) in [6.07, 6.45) is 10.6. The highest BCUT2D eigenvalue weighted by molar-refractivity contribution is 7.98. The highest BCUT2D eigenvalue weighted by Crippen LogP contribution is 2.34. The van der Waals surface area contributed by atoms with E-state index >= 15 is 0 Å². The first-order chi connectivity index (χ1) is 9.24. The molecule has 2 saturated heterocycles. The van der Waals surface area contributed by atoms with E-state index in [1.807, 2.05) is 11.8 Å². The molecule has 0 spiro atoms. The van der Waals surface area contributed by atoms with Crippen LogP contribution >= 0.6 is 11.8 Å². The van der Waals surface area contributed by atoms with Gasteiger partial charge in [0.05, 0.1) is 0 Å². The van der Waals surface area contributed by atoms with Crippen molar-refractivity contribution in [3.63, 3.8) is 0 Å². The van der Waals surface area contributed by atoms with Crippen LogP contribution in [0.15, 0.2) is 0 Å². The van der Waals surface area contributed by atoms with E-state index in [2.05, 4.69) is 30.3 Å². The van der Waals surface area contributed by atoms with Crippen LogP contribution in [0.5, 0.6) is 0 Å². The van der Waals surface area contributed by atoms with Gasteiger partial charge in [0.15, 0.2) is 0 Å². The number of hydrogen-bond acceptors (Lipinski definition) is 3. The lowest BCUT2D eigenvalue weighted by Gasteiger charge is -2.50. The summed E-state index contributed by atoms with van der Waals surface area (Å²) in [5.41, 5.74) is 0. The van der Waals surface area contributed by atoms with Crippen molar-refractivity contribution >= 4 is 11.8 Å². The molecule has 2 aliphatic heterocycles. The predicted molar refractivity (Wildman–Crippen MR) is 87.0 cm³/mol. The Morgan fingerprint density at radius 1 is 1.26 bits per heavy atom. The molecule has 19 heavy (non-hydrogen) atoms. The highest BCUT2D eigenvalue weighted by atomic mass is 32.2. The zero-order valence-corrected chi connectivity index (χ0v) is 13.8. The Hall–Kier alpha value is 0.270. The molecule has 112 valence electrons. The average Bonchev–Trinajstić information content (AvgIpc) is 2.37. The zero-order valence-electron chi connectivity index (χ0n) is 13.0. The number of fused-ring (bicyclic) bond motifs is 2. The quantitative estimate of drug-likeness (QED) is 0.771. The van der Waals surface area contributed by atoms with Crippen LogP contribution in [0.2, 0.25) is 0 Å². The van der Waals surface area contributed by atoms with Crippen LogP contribution in [0, 0.1) is 5.92 Å². The maximum Gasteiger partial charge on any atom is 0.0113 e. The summed E-state index contributed by atoms with van der Waals surface area (Å²) in [5.74, 6) is 2.16. The molecule has 0 amide bonds. The van der Waals surface area contributed by atoms with E-state index in [-0.39, 0.29) is 0 Å². The van der Waals surface area contributed by atoms with Gasteiger partial charge < -0.3 is 5.32 Å². The van der Waals surface area contributed by atoms with Gasteiger partial charge in [0.25, 0.3) is 0 Å². The SMILES string of the molecule is CCCNC1CC2CCCC(C1)N2CC(C)CSC. The largest absolute Gasteiger partial charge is 0.314 e. The fraction of sp³-hybridized carbons (Fsp3) is 1.00. The van der Waals surface area contributed by atoms with Crippen LogP contribution in [-0.2, 0) is 0 Å².